The van der Waals surface area contributed by atoms with Crippen molar-refractivity contribution in [3.63, 3.8) is 0 Å². The van der Waals surface area contributed by atoms with Crippen LogP contribution in [0.3, 0.4) is 0 Å². The van der Waals surface area contributed by atoms with Crippen LogP contribution in [0.25, 0.3) is 0 Å². The Morgan fingerprint density at radius 2 is 1.89 bits per heavy atom. The molecule has 5 heteroatoms. The van der Waals surface area contributed by atoms with Crippen molar-refractivity contribution in [3.05, 3.63) is 23.8 Å². The second-order valence-electron chi connectivity index (χ2n) is 8.37. The van der Waals surface area contributed by atoms with Crippen LogP contribution in [0.5, 0.6) is 11.5 Å². The molecular formula is C23H38N2O3. The number of hydrogen-bond donors (Lipinski definition) is 1. The third kappa shape index (κ3) is 8.09. The zero-order valence-corrected chi connectivity index (χ0v) is 18.1. The molecule has 0 bridgehead atoms. The minimum atomic E-state index is 0.210. The van der Waals surface area contributed by atoms with Gasteiger partial charge in [0.1, 0.15) is 6.61 Å². The summed E-state index contributed by atoms with van der Waals surface area (Å²) in [6.45, 7) is 3.81. The number of likely N-dealkylation sites (N-methyl/N-ethyl adjacent to an activating group) is 1. The van der Waals surface area contributed by atoms with Gasteiger partial charge in [0.05, 0.1) is 7.11 Å². The number of benzene rings is 1. The van der Waals surface area contributed by atoms with Gasteiger partial charge in [-0.05, 0) is 82.7 Å². The van der Waals surface area contributed by atoms with Crippen molar-refractivity contribution in [3.8, 4) is 11.5 Å². The van der Waals surface area contributed by atoms with Crippen molar-refractivity contribution in [2.24, 2.45) is 5.92 Å². The molecule has 158 valence electrons. The largest absolute Gasteiger partial charge is 0.493 e. The fourth-order valence-electron chi connectivity index (χ4n) is 3.64. The van der Waals surface area contributed by atoms with E-state index in [0.29, 0.717) is 19.1 Å². The second-order valence-corrected chi connectivity index (χ2v) is 8.37. The van der Waals surface area contributed by atoms with E-state index in [1.165, 1.54) is 18.4 Å². The molecule has 5 nitrogen and oxygen atoms in total. The van der Waals surface area contributed by atoms with Crippen molar-refractivity contribution in [1.82, 2.24) is 10.2 Å². The Kier molecular flexibility index (Phi) is 9.62. The van der Waals surface area contributed by atoms with Crippen LogP contribution in [-0.4, -0.2) is 51.2 Å². The van der Waals surface area contributed by atoms with Crippen molar-refractivity contribution in [1.29, 1.82) is 0 Å². The van der Waals surface area contributed by atoms with Crippen LogP contribution in [0.15, 0.2) is 18.2 Å². The molecule has 1 aromatic carbocycles. The number of unbranched alkanes of at least 4 members (excludes halogenated alkanes) is 1. The summed E-state index contributed by atoms with van der Waals surface area (Å²) in [5.74, 6) is 2.59. The summed E-state index contributed by atoms with van der Waals surface area (Å²) in [5, 5.41) is 3.21. The van der Waals surface area contributed by atoms with E-state index in [1.807, 2.05) is 26.2 Å². The van der Waals surface area contributed by atoms with Gasteiger partial charge in [-0.25, -0.2) is 0 Å². The molecule has 1 amide bonds. The quantitative estimate of drug-likeness (QED) is 0.579. The van der Waals surface area contributed by atoms with E-state index in [0.717, 1.165) is 56.1 Å². The molecular weight excluding hydrogens is 352 g/mol. The van der Waals surface area contributed by atoms with E-state index in [2.05, 4.69) is 23.2 Å². The molecule has 0 unspecified atom stereocenters. The first-order valence-corrected chi connectivity index (χ1v) is 10.7. The predicted octanol–water partition coefficient (Wildman–Crippen LogP) is 4.04. The maximum absolute atomic E-state index is 12.1. The zero-order valence-electron chi connectivity index (χ0n) is 18.1. The Hall–Kier alpha value is -1.75. The van der Waals surface area contributed by atoms with E-state index >= 15 is 0 Å². The Labute approximate surface area is 170 Å². The van der Waals surface area contributed by atoms with Crippen LogP contribution < -0.4 is 14.8 Å². The number of nitrogens with one attached hydrogen (secondary N) is 1. The number of methoxy groups -OCH3 is 1. The lowest BCUT2D eigenvalue weighted by atomic mass is 9.87. The number of amides is 1. The summed E-state index contributed by atoms with van der Waals surface area (Å²) < 4.78 is 11.3. The molecule has 1 aliphatic rings. The van der Waals surface area contributed by atoms with Crippen LogP contribution in [0, 0.1) is 5.92 Å². The Morgan fingerprint density at radius 1 is 1.14 bits per heavy atom. The lowest BCUT2D eigenvalue weighted by Crippen LogP contribution is -2.37. The molecule has 0 heterocycles. The number of rotatable bonds is 11. The second kappa shape index (κ2) is 11.9. The maximum atomic E-state index is 12.1. The highest BCUT2D eigenvalue weighted by Crippen LogP contribution is 2.29. The number of aryl methyl sites for hydroxylation is 1. The normalized spacial score (nSPS) is 19.5. The highest BCUT2D eigenvalue weighted by molar-refractivity contribution is 5.76. The minimum Gasteiger partial charge on any atom is -0.493 e. The molecule has 2 rings (SSSR count). The molecule has 1 fully saturated rings. The Bertz CT molecular complexity index is 596. The third-order valence-corrected chi connectivity index (χ3v) is 5.52. The van der Waals surface area contributed by atoms with Gasteiger partial charge in [0, 0.05) is 19.0 Å². The summed E-state index contributed by atoms with van der Waals surface area (Å²) in [4.78, 5) is 14.2. The summed E-state index contributed by atoms with van der Waals surface area (Å²) in [7, 11) is 5.73. The van der Waals surface area contributed by atoms with Crippen molar-refractivity contribution < 1.29 is 14.3 Å². The maximum Gasteiger partial charge on any atom is 0.220 e. The summed E-state index contributed by atoms with van der Waals surface area (Å²) in [5.41, 5.74) is 1.22. The lowest BCUT2D eigenvalue weighted by Gasteiger charge is -2.26. The molecule has 0 aliphatic heterocycles. The van der Waals surface area contributed by atoms with Gasteiger partial charge in [-0.1, -0.05) is 13.0 Å². The Balaban J connectivity index is 1.68. The van der Waals surface area contributed by atoms with Crippen LogP contribution in [0.4, 0.5) is 0 Å². The van der Waals surface area contributed by atoms with Gasteiger partial charge in [0.15, 0.2) is 11.5 Å². The lowest BCUT2D eigenvalue weighted by molar-refractivity contribution is -0.122. The van der Waals surface area contributed by atoms with Crippen LogP contribution in [0.2, 0.25) is 0 Å². The van der Waals surface area contributed by atoms with Gasteiger partial charge in [-0.15, -0.1) is 0 Å². The smallest absolute Gasteiger partial charge is 0.220 e. The average molecular weight is 391 g/mol. The monoisotopic (exact) mass is 390 g/mol. The van der Waals surface area contributed by atoms with E-state index in [4.69, 9.17) is 9.47 Å². The predicted molar refractivity (Wildman–Crippen MR) is 114 cm³/mol. The first-order chi connectivity index (χ1) is 13.5. The van der Waals surface area contributed by atoms with Crippen molar-refractivity contribution in [2.75, 3.05) is 34.4 Å². The minimum absolute atomic E-state index is 0.210. The van der Waals surface area contributed by atoms with Gasteiger partial charge >= 0.3 is 0 Å². The van der Waals surface area contributed by atoms with Crippen molar-refractivity contribution in [2.45, 2.75) is 64.3 Å². The highest BCUT2D eigenvalue weighted by atomic mass is 16.5. The molecule has 0 aromatic heterocycles. The molecule has 1 N–H and O–H groups in total. The molecule has 1 saturated carbocycles. The van der Waals surface area contributed by atoms with Crippen molar-refractivity contribution >= 4 is 5.91 Å². The topological polar surface area (TPSA) is 50.8 Å². The number of carbonyl (C=O) groups excluding carboxylic acids is 1. The van der Waals surface area contributed by atoms with E-state index in [9.17, 15) is 4.79 Å². The fourth-order valence-corrected chi connectivity index (χ4v) is 3.64. The van der Waals surface area contributed by atoms with Crippen LogP contribution in [0.1, 0.15) is 57.4 Å². The molecule has 0 spiro atoms. The van der Waals surface area contributed by atoms with Gasteiger partial charge in [-0.2, -0.15) is 0 Å². The van der Waals surface area contributed by atoms with Gasteiger partial charge < -0.3 is 19.7 Å². The fraction of sp³-hybridized carbons (Fsp3) is 0.696. The average Bonchev–Trinajstić information content (AvgIpc) is 2.67. The molecule has 1 aliphatic carbocycles. The zero-order chi connectivity index (χ0) is 20.4. The van der Waals surface area contributed by atoms with Crippen LogP contribution in [-0.2, 0) is 11.2 Å². The van der Waals surface area contributed by atoms with Gasteiger partial charge in [0.25, 0.3) is 0 Å². The Morgan fingerprint density at radius 3 is 2.57 bits per heavy atom. The standard InChI is InChI=1S/C23H38N2O3/c1-18-9-12-20(13-10-18)24-23(26)8-6-5-7-19-11-14-21(22(17-19)27-4)28-16-15-25(2)3/h11,14,17-18,20H,5-10,12-13,15-16H2,1-4H3,(H,24,26). The first kappa shape index (κ1) is 22.5. The molecule has 28 heavy (non-hydrogen) atoms. The molecule has 0 radical (unpaired) electrons. The van der Waals surface area contributed by atoms with Crippen LogP contribution >= 0.6 is 0 Å². The SMILES string of the molecule is COc1cc(CCCCC(=O)NC2CCC(C)CC2)ccc1OCCN(C)C. The van der Waals surface area contributed by atoms with E-state index < -0.39 is 0 Å². The highest BCUT2D eigenvalue weighted by Gasteiger charge is 2.19. The first-order valence-electron chi connectivity index (χ1n) is 10.7. The molecule has 0 saturated heterocycles. The van der Waals surface area contributed by atoms with E-state index in [1.54, 1.807) is 7.11 Å². The number of ether oxygens (including phenoxy) is 2. The van der Waals surface area contributed by atoms with E-state index in [-0.39, 0.29) is 5.91 Å². The summed E-state index contributed by atoms with van der Waals surface area (Å²) in [6.07, 6.45) is 8.23. The molecule has 1 aromatic rings. The number of carbonyl (C=O) groups is 1. The van der Waals surface area contributed by atoms with Gasteiger partial charge in [-0.3, -0.25) is 4.79 Å². The number of hydrogen-bond acceptors (Lipinski definition) is 4. The number of nitrogens with zero attached hydrogens (tertiary/aromatic N) is 1. The third-order valence-electron chi connectivity index (χ3n) is 5.52. The molecule has 0 atom stereocenters. The summed E-state index contributed by atoms with van der Waals surface area (Å²) in [6, 6.07) is 6.53. The summed E-state index contributed by atoms with van der Waals surface area (Å²) >= 11 is 0. The van der Waals surface area contributed by atoms with Gasteiger partial charge in [0.2, 0.25) is 5.91 Å².